The highest BCUT2D eigenvalue weighted by Gasteiger charge is 2.09. The molecule has 2 rings (SSSR count). The van der Waals surface area contributed by atoms with E-state index < -0.39 is 0 Å². The summed E-state index contributed by atoms with van der Waals surface area (Å²) in [6.07, 6.45) is 1.74. The highest BCUT2D eigenvalue weighted by Crippen LogP contribution is 2.31. The summed E-state index contributed by atoms with van der Waals surface area (Å²) in [5.41, 5.74) is 3.14. The summed E-state index contributed by atoms with van der Waals surface area (Å²) in [4.78, 5) is 0. The maximum atomic E-state index is 5.27. The van der Waals surface area contributed by atoms with Gasteiger partial charge in [-0.3, -0.25) is 0 Å². The van der Waals surface area contributed by atoms with Gasteiger partial charge >= 0.3 is 0 Å². The zero-order valence-electron chi connectivity index (χ0n) is 10.9. The van der Waals surface area contributed by atoms with Gasteiger partial charge in [-0.25, -0.2) is 0 Å². The first kappa shape index (κ1) is 13.7. The smallest absolute Gasteiger partial charge is 0.119 e. The minimum absolute atomic E-state index is 0.826. The van der Waals surface area contributed by atoms with Crippen molar-refractivity contribution in [2.24, 2.45) is 0 Å². The van der Waals surface area contributed by atoms with Crippen LogP contribution in [0.3, 0.4) is 0 Å². The SMILES string of the molecule is CO/C=C(\c1cccc(OC)c1)c1ccccc1Br. The monoisotopic (exact) mass is 318 g/mol. The third kappa shape index (κ3) is 3.18. The molecular weight excluding hydrogens is 304 g/mol. The second kappa shape index (κ2) is 6.43. The largest absolute Gasteiger partial charge is 0.504 e. The molecule has 0 N–H and O–H groups in total. The summed E-state index contributed by atoms with van der Waals surface area (Å²) in [6, 6.07) is 16.0. The average molecular weight is 319 g/mol. The minimum Gasteiger partial charge on any atom is -0.504 e. The summed E-state index contributed by atoms with van der Waals surface area (Å²) in [5, 5.41) is 0. The van der Waals surface area contributed by atoms with Crippen LogP contribution < -0.4 is 4.74 Å². The lowest BCUT2D eigenvalue weighted by Crippen LogP contribution is -1.92. The van der Waals surface area contributed by atoms with Gasteiger partial charge in [0.25, 0.3) is 0 Å². The van der Waals surface area contributed by atoms with Crippen LogP contribution in [0.5, 0.6) is 5.75 Å². The Morgan fingerprint density at radius 2 is 1.84 bits per heavy atom. The van der Waals surface area contributed by atoms with Crippen molar-refractivity contribution in [3.8, 4) is 5.75 Å². The third-order valence-corrected chi connectivity index (χ3v) is 3.47. The number of benzene rings is 2. The van der Waals surface area contributed by atoms with E-state index in [9.17, 15) is 0 Å². The summed E-state index contributed by atoms with van der Waals surface area (Å²) in [6.45, 7) is 0. The second-order valence-corrected chi connectivity index (χ2v) is 4.83. The molecule has 0 aromatic heterocycles. The van der Waals surface area contributed by atoms with Crippen molar-refractivity contribution in [1.82, 2.24) is 0 Å². The molecule has 2 aromatic rings. The predicted octanol–water partition coefficient (Wildman–Crippen LogP) is 4.49. The molecule has 0 fully saturated rings. The Hall–Kier alpha value is -1.74. The van der Waals surface area contributed by atoms with Crippen LogP contribution in [-0.2, 0) is 4.74 Å². The molecule has 2 nitrogen and oxygen atoms in total. The van der Waals surface area contributed by atoms with Gasteiger partial charge in [0, 0.05) is 10.0 Å². The molecule has 19 heavy (non-hydrogen) atoms. The Balaban J connectivity index is 2.52. The Kier molecular flexibility index (Phi) is 4.63. The quantitative estimate of drug-likeness (QED) is 0.773. The Bertz CT molecular complexity index is 591. The second-order valence-electron chi connectivity index (χ2n) is 3.98. The first-order chi connectivity index (χ1) is 9.26. The van der Waals surface area contributed by atoms with Crippen LogP contribution in [0.1, 0.15) is 11.1 Å². The Labute approximate surface area is 121 Å². The molecule has 0 saturated carbocycles. The van der Waals surface area contributed by atoms with Gasteiger partial charge in [-0.05, 0) is 29.3 Å². The molecule has 0 amide bonds. The minimum atomic E-state index is 0.826. The fourth-order valence-electron chi connectivity index (χ4n) is 1.88. The van der Waals surface area contributed by atoms with E-state index in [0.29, 0.717) is 0 Å². The summed E-state index contributed by atoms with van der Waals surface area (Å²) < 4.78 is 11.5. The lowest BCUT2D eigenvalue weighted by molar-refractivity contribution is 0.340. The van der Waals surface area contributed by atoms with E-state index in [1.54, 1.807) is 20.5 Å². The van der Waals surface area contributed by atoms with Crippen LogP contribution in [0.25, 0.3) is 5.57 Å². The zero-order chi connectivity index (χ0) is 13.7. The maximum Gasteiger partial charge on any atom is 0.119 e. The summed E-state index contributed by atoms with van der Waals surface area (Å²) >= 11 is 3.57. The molecule has 0 aliphatic carbocycles. The van der Waals surface area contributed by atoms with Crippen molar-refractivity contribution in [1.29, 1.82) is 0 Å². The average Bonchev–Trinajstić information content (AvgIpc) is 2.46. The molecule has 3 heteroatoms. The molecule has 0 atom stereocenters. The van der Waals surface area contributed by atoms with E-state index in [1.165, 1.54) is 0 Å². The van der Waals surface area contributed by atoms with Gasteiger partial charge in [-0.15, -0.1) is 0 Å². The zero-order valence-corrected chi connectivity index (χ0v) is 12.5. The standard InChI is InChI=1S/C16H15BrO2/c1-18-11-15(14-8-3-4-9-16(14)17)12-6-5-7-13(10-12)19-2/h3-11H,1-2H3/b15-11+. The molecule has 0 spiro atoms. The van der Waals surface area contributed by atoms with Crippen molar-refractivity contribution >= 4 is 21.5 Å². The highest BCUT2D eigenvalue weighted by atomic mass is 79.9. The molecule has 0 radical (unpaired) electrons. The lowest BCUT2D eigenvalue weighted by Gasteiger charge is -2.11. The van der Waals surface area contributed by atoms with Gasteiger partial charge in [-0.2, -0.15) is 0 Å². The van der Waals surface area contributed by atoms with Gasteiger partial charge in [0.15, 0.2) is 0 Å². The summed E-state index contributed by atoms with van der Waals surface area (Å²) in [7, 11) is 3.31. The van der Waals surface area contributed by atoms with Gasteiger partial charge in [-0.1, -0.05) is 46.3 Å². The topological polar surface area (TPSA) is 18.5 Å². The number of methoxy groups -OCH3 is 2. The van der Waals surface area contributed by atoms with Crippen LogP contribution in [0.4, 0.5) is 0 Å². The van der Waals surface area contributed by atoms with Gasteiger partial charge in [0.1, 0.15) is 5.75 Å². The van der Waals surface area contributed by atoms with E-state index in [4.69, 9.17) is 9.47 Å². The third-order valence-electron chi connectivity index (χ3n) is 2.78. The maximum absolute atomic E-state index is 5.27. The molecule has 0 bridgehead atoms. The van der Waals surface area contributed by atoms with E-state index in [0.717, 1.165) is 26.9 Å². The molecule has 0 heterocycles. The molecule has 0 unspecified atom stereocenters. The first-order valence-electron chi connectivity index (χ1n) is 5.88. The molecule has 98 valence electrons. The van der Waals surface area contributed by atoms with Crippen LogP contribution in [0, 0.1) is 0 Å². The molecule has 2 aromatic carbocycles. The van der Waals surface area contributed by atoms with E-state index in [1.807, 2.05) is 42.5 Å². The van der Waals surface area contributed by atoms with E-state index in [2.05, 4.69) is 22.0 Å². The number of rotatable bonds is 4. The van der Waals surface area contributed by atoms with Gasteiger partial charge in [0.2, 0.25) is 0 Å². The van der Waals surface area contributed by atoms with Crippen LogP contribution >= 0.6 is 15.9 Å². The molecule has 0 saturated heterocycles. The van der Waals surface area contributed by atoms with Crippen LogP contribution in [-0.4, -0.2) is 14.2 Å². The van der Waals surface area contributed by atoms with Gasteiger partial charge in [0.05, 0.1) is 20.5 Å². The number of halogens is 1. The van der Waals surface area contributed by atoms with Crippen molar-refractivity contribution in [2.45, 2.75) is 0 Å². The molecular formula is C16H15BrO2. The van der Waals surface area contributed by atoms with Gasteiger partial charge < -0.3 is 9.47 Å². The fourth-order valence-corrected chi connectivity index (χ4v) is 2.37. The Morgan fingerprint density at radius 3 is 2.53 bits per heavy atom. The van der Waals surface area contributed by atoms with Crippen molar-refractivity contribution < 1.29 is 9.47 Å². The van der Waals surface area contributed by atoms with Crippen LogP contribution in [0.2, 0.25) is 0 Å². The van der Waals surface area contributed by atoms with Crippen molar-refractivity contribution in [3.63, 3.8) is 0 Å². The molecule has 0 aliphatic rings. The Morgan fingerprint density at radius 1 is 1.05 bits per heavy atom. The van der Waals surface area contributed by atoms with E-state index >= 15 is 0 Å². The van der Waals surface area contributed by atoms with Crippen LogP contribution in [0.15, 0.2) is 59.3 Å². The summed E-state index contributed by atoms with van der Waals surface area (Å²) in [5.74, 6) is 0.826. The number of ether oxygens (including phenoxy) is 2. The highest BCUT2D eigenvalue weighted by molar-refractivity contribution is 9.10. The first-order valence-corrected chi connectivity index (χ1v) is 6.68. The van der Waals surface area contributed by atoms with Crippen molar-refractivity contribution in [2.75, 3.05) is 14.2 Å². The normalized spacial score (nSPS) is 11.2. The van der Waals surface area contributed by atoms with Crippen molar-refractivity contribution in [3.05, 3.63) is 70.4 Å². The number of hydrogen-bond donors (Lipinski definition) is 0. The predicted molar refractivity (Wildman–Crippen MR) is 81.2 cm³/mol. The van der Waals surface area contributed by atoms with E-state index in [-0.39, 0.29) is 0 Å². The lowest BCUT2D eigenvalue weighted by atomic mass is 9.99. The fraction of sp³-hybridized carbons (Fsp3) is 0.125. The molecule has 0 aliphatic heterocycles. The number of hydrogen-bond acceptors (Lipinski definition) is 2.